The first kappa shape index (κ1) is 23.7. The lowest BCUT2D eigenvalue weighted by molar-refractivity contribution is -0.122. The molecule has 0 aliphatic carbocycles. The second-order valence-corrected chi connectivity index (χ2v) is 9.12. The molecule has 0 unspecified atom stereocenters. The number of urea groups is 1. The summed E-state index contributed by atoms with van der Waals surface area (Å²) in [5.41, 5.74) is 1.42. The molecular formula is C20H25ClN4O4S. The van der Waals surface area contributed by atoms with Crippen LogP contribution in [0.3, 0.4) is 0 Å². The van der Waals surface area contributed by atoms with Gasteiger partial charge in [-0.15, -0.1) is 0 Å². The van der Waals surface area contributed by atoms with Crippen LogP contribution in [0.2, 0.25) is 5.02 Å². The molecule has 1 atom stereocenters. The molecule has 0 aromatic heterocycles. The summed E-state index contributed by atoms with van der Waals surface area (Å²) in [6.45, 7) is 5.40. The van der Waals surface area contributed by atoms with Crippen molar-refractivity contribution in [1.29, 1.82) is 0 Å². The monoisotopic (exact) mass is 452 g/mol. The number of sulfonamides is 1. The summed E-state index contributed by atoms with van der Waals surface area (Å²) in [5.74, 6) is -0.467. The first-order valence-corrected chi connectivity index (χ1v) is 11.1. The van der Waals surface area contributed by atoms with Crippen molar-refractivity contribution in [1.82, 2.24) is 15.4 Å². The second-order valence-electron chi connectivity index (χ2n) is 6.96. The van der Waals surface area contributed by atoms with Crippen molar-refractivity contribution in [2.45, 2.75) is 44.3 Å². The van der Waals surface area contributed by atoms with E-state index in [4.69, 9.17) is 11.6 Å². The van der Waals surface area contributed by atoms with Gasteiger partial charge in [-0.3, -0.25) is 4.79 Å². The van der Waals surface area contributed by atoms with E-state index in [9.17, 15) is 18.0 Å². The molecular weight excluding hydrogens is 428 g/mol. The molecule has 0 heterocycles. The number of carbonyl (C=O) groups excluding carboxylic acids is 2. The van der Waals surface area contributed by atoms with Crippen LogP contribution < -0.4 is 20.7 Å². The smallest absolute Gasteiger partial charge is 0.319 e. The molecule has 0 saturated carbocycles. The Kier molecular flexibility index (Phi) is 8.22. The zero-order valence-corrected chi connectivity index (χ0v) is 18.5. The Morgan fingerprint density at radius 3 is 2.13 bits per heavy atom. The van der Waals surface area contributed by atoms with Crippen molar-refractivity contribution in [3.63, 3.8) is 0 Å². The van der Waals surface area contributed by atoms with Gasteiger partial charge >= 0.3 is 6.03 Å². The van der Waals surface area contributed by atoms with Crippen LogP contribution in [0, 0.1) is 0 Å². The van der Waals surface area contributed by atoms with Gasteiger partial charge in [0.05, 0.1) is 10.9 Å². The molecule has 0 bridgehead atoms. The highest BCUT2D eigenvalue weighted by molar-refractivity contribution is 7.89. The minimum atomic E-state index is -3.85. The summed E-state index contributed by atoms with van der Waals surface area (Å²) >= 11 is 5.77. The van der Waals surface area contributed by atoms with E-state index in [0.717, 1.165) is 5.56 Å². The van der Waals surface area contributed by atoms with Crippen LogP contribution in [0.1, 0.15) is 26.3 Å². The normalized spacial score (nSPS) is 12.3. The van der Waals surface area contributed by atoms with Crippen LogP contribution in [0.4, 0.5) is 10.5 Å². The summed E-state index contributed by atoms with van der Waals surface area (Å²) < 4.78 is 27.0. The highest BCUT2D eigenvalue weighted by atomic mass is 35.5. The van der Waals surface area contributed by atoms with Gasteiger partial charge in [-0.05, 0) is 62.7 Å². The summed E-state index contributed by atoms with van der Waals surface area (Å²) in [6, 6.07) is 11.4. The predicted octanol–water partition coefficient (Wildman–Crippen LogP) is 2.85. The van der Waals surface area contributed by atoms with E-state index in [2.05, 4.69) is 20.7 Å². The first-order valence-electron chi connectivity index (χ1n) is 9.29. The number of nitrogens with one attached hydrogen (secondary N) is 4. The van der Waals surface area contributed by atoms with Crippen LogP contribution in [-0.4, -0.2) is 32.4 Å². The standard InChI is InChI=1S/C20H25ClN4O4S/c1-13(2)23-20(27)24-17-8-4-15(5-9-17)12-22-19(26)14(3)25-30(28,29)18-10-6-16(21)7-11-18/h4-11,13-14,25H,12H2,1-3H3,(H,22,26)(H2,23,24,27)/t14-/m0/s1. The fraction of sp³-hybridized carbons (Fsp3) is 0.300. The van der Waals surface area contributed by atoms with Gasteiger partial charge in [0.2, 0.25) is 15.9 Å². The molecule has 30 heavy (non-hydrogen) atoms. The van der Waals surface area contributed by atoms with Crippen molar-refractivity contribution in [2.75, 3.05) is 5.32 Å². The molecule has 0 aliphatic rings. The number of hydrogen-bond donors (Lipinski definition) is 4. The molecule has 162 valence electrons. The number of carbonyl (C=O) groups is 2. The van der Waals surface area contributed by atoms with Crippen molar-refractivity contribution in [3.05, 3.63) is 59.1 Å². The maximum atomic E-state index is 12.4. The number of amides is 3. The Balaban J connectivity index is 1.87. The first-order chi connectivity index (χ1) is 14.1. The number of anilines is 1. The van der Waals surface area contributed by atoms with Gasteiger partial charge in [0.15, 0.2) is 0 Å². The molecule has 0 spiro atoms. The summed E-state index contributed by atoms with van der Waals surface area (Å²) in [5, 5.41) is 8.53. The number of hydrogen-bond acceptors (Lipinski definition) is 4. The van der Waals surface area contributed by atoms with Crippen LogP contribution in [-0.2, 0) is 21.4 Å². The highest BCUT2D eigenvalue weighted by Crippen LogP contribution is 2.14. The molecule has 0 radical (unpaired) electrons. The average Bonchev–Trinajstić information content (AvgIpc) is 2.66. The topological polar surface area (TPSA) is 116 Å². The number of benzene rings is 2. The zero-order chi connectivity index (χ0) is 22.3. The van der Waals surface area contributed by atoms with Gasteiger partial charge in [-0.1, -0.05) is 23.7 Å². The van der Waals surface area contributed by atoms with Gasteiger partial charge in [0, 0.05) is 23.3 Å². The van der Waals surface area contributed by atoms with Crippen LogP contribution in [0.5, 0.6) is 0 Å². The molecule has 2 rings (SSSR count). The SMILES string of the molecule is CC(C)NC(=O)Nc1ccc(CNC(=O)[C@H](C)NS(=O)(=O)c2ccc(Cl)cc2)cc1. The molecule has 2 aromatic rings. The third-order valence-corrected chi connectivity index (χ3v) is 5.76. The summed E-state index contributed by atoms with van der Waals surface area (Å²) in [6.07, 6.45) is 0. The quantitative estimate of drug-likeness (QED) is 0.492. The Hall–Kier alpha value is -2.62. The molecule has 0 aliphatic heterocycles. The van der Waals surface area contributed by atoms with E-state index < -0.39 is 22.0 Å². The van der Waals surface area contributed by atoms with Crippen LogP contribution >= 0.6 is 11.6 Å². The lowest BCUT2D eigenvalue weighted by Gasteiger charge is -2.15. The third-order valence-electron chi connectivity index (χ3n) is 3.95. The van der Waals surface area contributed by atoms with Gasteiger partial charge in [0.25, 0.3) is 0 Å². The largest absolute Gasteiger partial charge is 0.351 e. The molecule has 3 amide bonds. The van der Waals surface area contributed by atoms with Crippen LogP contribution in [0.25, 0.3) is 0 Å². The van der Waals surface area contributed by atoms with E-state index in [1.54, 1.807) is 24.3 Å². The van der Waals surface area contributed by atoms with Gasteiger partial charge in [-0.25, -0.2) is 13.2 Å². The zero-order valence-electron chi connectivity index (χ0n) is 16.9. The maximum absolute atomic E-state index is 12.4. The number of halogens is 1. The second kappa shape index (κ2) is 10.4. The van der Waals surface area contributed by atoms with Crippen molar-refractivity contribution >= 4 is 39.2 Å². The Morgan fingerprint density at radius 2 is 1.57 bits per heavy atom. The summed E-state index contributed by atoms with van der Waals surface area (Å²) in [7, 11) is -3.85. The molecule has 10 heteroatoms. The van der Waals surface area contributed by atoms with Crippen molar-refractivity contribution in [3.8, 4) is 0 Å². The fourth-order valence-corrected chi connectivity index (χ4v) is 3.77. The molecule has 4 N–H and O–H groups in total. The van der Waals surface area contributed by atoms with Crippen molar-refractivity contribution < 1.29 is 18.0 Å². The Labute approximate surface area is 181 Å². The minimum Gasteiger partial charge on any atom is -0.351 e. The van der Waals surface area contributed by atoms with E-state index in [1.807, 2.05) is 13.8 Å². The van der Waals surface area contributed by atoms with Crippen molar-refractivity contribution in [2.24, 2.45) is 0 Å². The maximum Gasteiger partial charge on any atom is 0.319 e. The van der Waals surface area contributed by atoms with Gasteiger partial charge < -0.3 is 16.0 Å². The Bertz CT molecular complexity index is 977. The predicted molar refractivity (Wildman–Crippen MR) is 117 cm³/mol. The fourth-order valence-electron chi connectivity index (χ4n) is 2.45. The third kappa shape index (κ3) is 7.33. The van der Waals surface area contributed by atoms with Gasteiger partial charge in [0.1, 0.15) is 0 Å². The van der Waals surface area contributed by atoms with E-state index in [-0.39, 0.29) is 23.5 Å². The highest BCUT2D eigenvalue weighted by Gasteiger charge is 2.21. The molecule has 0 saturated heterocycles. The number of rotatable bonds is 8. The molecule has 0 fully saturated rings. The van der Waals surface area contributed by atoms with Crippen LogP contribution in [0.15, 0.2) is 53.4 Å². The molecule has 2 aromatic carbocycles. The lowest BCUT2D eigenvalue weighted by Crippen LogP contribution is -2.44. The Morgan fingerprint density at radius 1 is 0.967 bits per heavy atom. The van der Waals surface area contributed by atoms with E-state index in [0.29, 0.717) is 10.7 Å². The minimum absolute atomic E-state index is 0.0242. The molecule has 8 nitrogen and oxygen atoms in total. The van der Waals surface area contributed by atoms with Gasteiger partial charge in [-0.2, -0.15) is 4.72 Å². The summed E-state index contributed by atoms with van der Waals surface area (Å²) in [4.78, 5) is 24.0. The average molecular weight is 453 g/mol. The van der Waals surface area contributed by atoms with E-state index in [1.165, 1.54) is 31.2 Å². The van der Waals surface area contributed by atoms with E-state index >= 15 is 0 Å². The lowest BCUT2D eigenvalue weighted by atomic mass is 10.2.